The first-order valence-electron chi connectivity index (χ1n) is 4.37. The molecule has 12 heavy (non-hydrogen) atoms. The first kappa shape index (κ1) is 9.99. The Morgan fingerprint density at radius 2 is 1.92 bits per heavy atom. The van der Waals surface area contributed by atoms with Crippen molar-refractivity contribution in [2.45, 2.75) is 31.7 Å². The SMILES string of the molecule is CNC1(C)CCCS(=O)(=O)CC1. The number of nitrogens with one attached hydrogen (secondary N) is 1. The van der Waals surface area contributed by atoms with Gasteiger partial charge in [0.25, 0.3) is 0 Å². The third-order valence-corrected chi connectivity index (χ3v) is 4.49. The molecule has 1 aliphatic heterocycles. The molecular weight excluding hydrogens is 174 g/mol. The Kier molecular flexibility index (Phi) is 2.78. The molecule has 1 rings (SSSR count). The molecule has 1 fully saturated rings. The summed E-state index contributed by atoms with van der Waals surface area (Å²) in [5.74, 6) is 0.703. The van der Waals surface area contributed by atoms with Gasteiger partial charge in [0.15, 0.2) is 0 Å². The Hall–Kier alpha value is -0.0900. The van der Waals surface area contributed by atoms with Gasteiger partial charge in [0.05, 0.1) is 11.5 Å². The molecule has 1 heterocycles. The monoisotopic (exact) mass is 191 g/mol. The van der Waals surface area contributed by atoms with Crippen LogP contribution in [-0.4, -0.2) is 32.5 Å². The van der Waals surface area contributed by atoms with Gasteiger partial charge in [-0.3, -0.25) is 0 Å². The van der Waals surface area contributed by atoms with Crippen LogP contribution in [0, 0.1) is 0 Å². The highest BCUT2D eigenvalue weighted by molar-refractivity contribution is 7.91. The van der Waals surface area contributed by atoms with E-state index in [-0.39, 0.29) is 5.54 Å². The number of hydrogen-bond acceptors (Lipinski definition) is 3. The van der Waals surface area contributed by atoms with Gasteiger partial charge < -0.3 is 5.32 Å². The quantitative estimate of drug-likeness (QED) is 0.659. The zero-order valence-electron chi connectivity index (χ0n) is 7.76. The summed E-state index contributed by atoms with van der Waals surface area (Å²) < 4.78 is 22.5. The Labute approximate surface area is 74.5 Å². The van der Waals surface area contributed by atoms with Gasteiger partial charge in [-0.15, -0.1) is 0 Å². The summed E-state index contributed by atoms with van der Waals surface area (Å²) in [4.78, 5) is 0. The van der Waals surface area contributed by atoms with E-state index in [1.165, 1.54) is 0 Å². The molecule has 0 aliphatic carbocycles. The second-order valence-electron chi connectivity index (χ2n) is 3.82. The zero-order chi connectivity index (χ0) is 9.24. The predicted molar refractivity (Wildman–Crippen MR) is 50.0 cm³/mol. The molecule has 0 aromatic carbocycles. The lowest BCUT2D eigenvalue weighted by Gasteiger charge is -2.26. The third-order valence-electron chi connectivity index (χ3n) is 2.75. The fraction of sp³-hybridized carbons (Fsp3) is 1.00. The molecule has 3 nitrogen and oxygen atoms in total. The van der Waals surface area contributed by atoms with E-state index in [2.05, 4.69) is 12.2 Å². The van der Waals surface area contributed by atoms with E-state index in [0.29, 0.717) is 11.5 Å². The van der Waals surface area contributed by atoms with Gasteiger partial charge in [-0.25, -0.2) is 8.42 Å². The summed E-state index contributed by atoms with van der Waals surface area (Å²) in [7, 11) is -0.840. The molecule has 1 aliphatic rings. The predicted octanol–water partition coefficient (Wildman–Crippen LogP) is 0.563. The van der Waals surface area contributed by atoms with Gasteiger partial charge in [-0.05, 0) is 33.2 Å². The maximum Gasteiger partial charge on any atom is 0.150 e. The van der Waals surface area contributed by atoms with Gasteiger partial charge in [0, 0.05) is 5.54 Å². The van der Waals surface area contributed by atoms with Crippen molar-refractivity contribution in [1.29, 1.82) is 0 Å². The Morgan fingerprint density at radius 3 is 2.50 bits per heavy atom. The average molecular weight is 191 g/mol. The Bertz CT molecular complexity index is 248. The van der Waals surface area contributed by atoms with Crippen molar-refractivity contribution >= 4 is 9.84 Å². The van der Waals surface area contributed by atoms with Gasteiger partial charge >= 0.3 is 0 Å². The summed E-state index contributed by atoms with van der Waals surface area (Å²) in [5, 5.41) is 3.19. The van der Waals surface area contributed by atoms with E-state index in [1.807, 2.05) is 7.05 Å². The summed E-state index contributed by atoms with van der Waals surface area (Å²) in [6, 6.07) is 0. The smallest absolute Gasteiger partial charge is 0.150 e. The number of rotatable bonds is 1. The second-order valence-corrected chi connectivity index (χ2v) is 6.12. The van der Waals surface area contributed by atoms with Crippen LogP contribution in [0.1, 0.15) is 26.2 Å². The minimum absolute atomic E-state index is 0.0313. The van der Waals surface area contributed by atoms with E-state index in [4.69, 9.17) is 0 Å². The minimum atomic E-state index is -2.74. The molecule has 1 N–H and O–H groups in total. The molecule has 0 radical (unpaired) electrons. The molecule has 0 aromatic rings. The first-order chi connectivity index (χ1) is 5.47. The molecule has 0 saturated carbocycles. The van der Waals surface area contributed by atoms with Crippen molar-refractivity contribution in [2.75, 3.05) is 18.6 Å². The van der Waals surface area contributed by atoms with Gasteiger partial charge in [0.2, 0.25) is 0 Å². The van der Waals surface area contributed by atoms with Crippen LogP contribution in [0.15, 0.2) is 0 Å². The topological polar surface area (TPSA) is 46.2 Å². The lowest BCUT2D eigenvalue weighted by Crippen LogP contribution is -2.39. The molecule has 1 saturated heterocycles. The fourth-order valence-corrected chi connectivity index (χ4v) is 3.09. The summed E-state index contributed by atoms with van der Waals surface area (Å²) >= 11 is 0. The van der Waals surface area contributed by atoms with Crippen LogP contribution in [0.25, 0.3) is 0 Å². The molecule has 1 atom stereocenters. The lowest BCUT2D eigenvalue weighted by molar-refractivity contribution is 0.349. The molecule has 0 bridgehead atoms. The maximum atomic E-state index is 11.2. The van der Waals surface area contributed by atoms with E-state index in [0.717, 1.165) is 19.3 Å². The maximum absolute atomic E-state index is 11.2. The molecular formula is C8H17NO2S. The van der Waals surface area contributed by atoms with Crippen LogP contribution in [0.5, 0.6) is 0 Å². The third kappa shape index (κ3) is 2.45. The lowest BCUT2D eigenvalue weighted by atomic mass is 9.94. The van der Waals surface area contributed by atoms with Crippen molar-refractivity contribution in [2.24, 2.45) is 0 Å². The van der Waals surface area contributed by atoms with Crippen LogP contribution in [-0.2, 0) is 9.84 Å². The normalized spacial score (nSPS) is 35.8. The highest BCUT2D eigenvalue weighted by Gasteiger charge is 2.28. The Morgan fingerprint density at radius 1 is 1.25 bits per heavy atom. The fourth-order valence-electron chi connectivity index (χ4n) is 1.54. The molecule has 1 unspecified atom stereocenters. The molecule has 72 valence electrons. The summed E-state index contributed by atoms with van der Waals surface area (Å²) in [6.07, 6.45) is 2.49. The number of hydrogen-bond donors (Lipinski definition) is 1. The highest BCUT2D eigenvalue weighted by atomic mass is 32.2. The Balaban J connectivity index is 2.68. The van der Waals surface area contributed by atoms with E-state index in [9.17, 15) is 8.42 Å². The van der Waals surface area contributed by atoms with Crippen molar-refractivity contribution in [1.82, 2.24) is 5.32 Å². The van der Waals surface area contributed by atoms with Crippen LogP contribution in [0.3, 0.4) is 0 Å². The van der Waals surface area contributed by atoms with Crippen LogP contribution >= 0.6 is 0 Å². The highest BCUT2D eigenvalue weighted by Crippen LogP contribution is 2.22. The van der Waals surface area contributed by atoms with Gasteiger partial charge in [-0.2, -0.15) is 0 Å². The van der Waals surface area contributed by atoms with Crippen LogP contribution in [0.4, 0.5) is 0 Å². The summed E-state index contributed by atoms with van der Waals surface area (Å²) in [5.41, 5.74) is 0.0313. The molecule has 4 heteroatoms. The van der Waals surface area contributed by atoms with Gasteiger partial charge in [0.1, 0.15) is 9.84 Å². The zero-order valence-corrected chi connectivity index (χ0v) is 8.58. The average Bonchev–Trinajstić information content (AvgIpc) is 2.13. The number of sulfone groups is 1. The standard InChI is InChI=1S/C8H17NO2S/c1-8(9-2)4-3-6-12(10,11)7-5-8/h9H,3-7H2,1-2H3. The molecule has 0 amide bonds. The van der Waals surface area contributed by atoms with E-state index in [1.54, 1.807) is 0 Å². The van der Waals surface area contributed by atoms with Crippen molar-refractivity contribution in [3.63, 3.8) is 0 Å². The van der Waals surface area contributed by atoms with Crippen molar-refractivity contribution in [3.05, 3.63) is 0 Å². The summed E-state index contributed by atoms with van der Waals surface area (Å²) in [6.45, 7) is 2.09. The van der Waals surface area contributed by atoms with Crippen LogP contribution < -0.4 is 5.32 Å². The second kappa shape index (κ2) is 3.34. The molecule has 0 spiro atoms. The largest absolute Gasteiger partial charge is 0.315 e. The van der Waals surface area contributed by atoms with E-state index < -0.39 is 9.84 Å². The first-order valence-corrected chi connectivity index (χ1v) is 6.19. The minimum Gasteiger partial charge on any atom is -0.315 e. The van der Waals surface area contributed by atoms with Gasteiger partial charge in [-0.1, -0.05) is 0 Å². The van der Waals surface area contributed by atoms with Crippen LogP contribution in [0.2, 0.25) is 0 Å². The van der Waals surface area contributed by atoms with E-state index >= 15 is 0 Å². The van der Waals surface area contributed by atoms with Crippen molar-refractivity contribution < 1.29 is 8.42 Å². The van der Waals surface area contributed by atoms with Crippen molar-refractivity contribution in [3.8, 4) is 0 Å². The molecule has 0 aromatic heterocycles.